The molecule has 2 aromatic rings. The fourth-order valence-corrected chi connectivity index (χ4v) is 1.61. The van der Waals surface area contributed by atoms with Crippen molar-refractivity contribution in [2.45, 2.75) is 18.9 Å². The SMILES string of the molecule is COc1ccc(CCC(O)c2cn[nH]n2)cc1. The van der Waals surface area contributed by atoms with Crippen molar-refractivity contribution in [2.24, 2.45) is 0 Å². The molecule has 17 heavy (non-hydrogen) atoms. The number of benzene rings is 1. The number of hydrogen-bond donors (Lipinski definition) is 2. The Morgan fingerprint density at radius 1 is 1.35 bits per heavy atom. The third-order valence-electron chi connectivity index (χ3n) is 2.64. The van der Waals surface area contributed by atoms with Gasteiger partial charge in [0.25, 0.3) is 0 Å². The van der Waals surface area contributed by atoms with Crippen molar-refractivity contribution in [2.75, 3.05) is 7.11 Å². The van der Waals surface area contributed by atoms with Gasteiger partial charge in [-0.1, -0.05) is 12.1 Å². The molecule has 0 bridgehead atoms. The van der Waals surface area contributed by atoms with Gasteiger partial charge >= 0.3 is 0 Å². The molecule has 0 fully saturated rings. The van der Waals surface area contributed by atoms with Crippen LogP contribution in [0, 0.1) is 0 Å². The van der Waals surface area contributed by atoms with Gasteiger partial charge in [0, 0.05) is 0 Å². The van der Waals surface area contributed by atoms with Gasteiger partial charge in [-0.3, -0.25) is 0 Å². The minimum absolute atomic E-state index is 0.573. The summed E-state index contributed by atoms with van der Waals surface area (Å²) in [7, 11) is 1.64. The number of aromatic nitrogens is 3. The number of nitrogens with one attached hydrogen (secondary N) is 1. The Bertz CT molecular complexity index is 439. The lowest BCUT2D eigenvalue weighted by molar-refractivity contribution is 0.163. The van der Waals surface area contributed by atoms with Crippen LogP contribution in [-0.2, 0) is 6.42 Å². The third kappa shape index (κ3) is 3.04. The molecule has 0 amide bonds. The molecule has 1 aromatic heterocycles. The van der Waals surface area contributed by atoms with E-state index in [0.29, 0.717) is 12.1 Å². The summed E-state index contributed by atoms with van der Waals surface area (Å²) in [6.45, 7) is 0. The predicted octanol–water partition coefficient (Wildman–Crippen LogP) is 1.48. The number of aromatic amines is 1. The van der Waals surface area contributed by atoms with Crippen LogP contribution in [0.5, 0.6) is 5.75 Å². The van der Waals surface area contributed by atoms with Gasteiger partial charge in [0.2, 0.25) is 0 Å². The van der Waals surface area contributed by atoms with Crippen molar-refractivity contribution < 1.29 is 9.84 Å². The number of methoxy groups -OCH3 is 1. The predicted molar refractivity (Wildman–Crippen MR) is 62.7 cm³/mol. The lowest BCUT2D eigenvalue weighted by Crippen LogP contribution is -2.00. The molecule has 5 nitrogen and oxygen atoms in total. The van der Waals surface area contributed by atoms with Gasteiger partial charge in [-0.25, -0.2) is 0 Å². The van der Waals surface area contributed by atoms with Crippen LogP contribution >= 0.6 is 0 Å². The average molecular weight is 233 g/mol. The van der Waals surface area contributed by atoms with E-state index >= 15 is 0 Å². The minimum atomic E-state index is -0.573. The highest BCUT2D eigenvalue weighted by molar-refractivity contribution is 5.27. The van der Waals surface area contributed by atoms with Gasteiger partial charge < -0.3 is 9.84 Å². The Kier molecular flexibility index (Phi) is 3.72. The standard InChI is InChI=1S/C12H15N3O2/c1-17-10-5-2-9(3-6-10)4-7-12(16)11-8-13-15-14-11/h2-3,5-6,8,12,16H,4,7H2,1H3,(H,13,14,15). The van der Waals surface area contributed by atoms with Crippen LogP contribution < -0.4 is 4.74 Å². The van der Waals surface area contributed by atoms with Crippen molar-refractivity contribution >= 4 is 0 Å². The summed E-state index contributed by atoms with van der Waals surface area (Å²) < 4.78 is 5.08. The maximum Gasteiger partial charge on any atom is 0.118 e. The summed E-state index contributed by atoms with van der Waals surface area (Å²) in [6, 6.07) is 7.82. The van der Waals surface area contributed by atoms with Crippen LogP contribution in [-0.4, -0.2) is 27.6 Å². The molecule has 0 saturated heterocycles. The van der Waals surface area contributed by atoms with E-state index in [-0.39, 0.29) is 0 Å². The minimum Gasteiger partial charge on any atom is -0.497 e. The molecule has 0 spiro atoms. The second-order valence-electron chi connectivity index (χ2n) is 3.80. The maximum atomic E-state index is 9.82. The van der Waals surface area contributed by atoms with E-state index in [1.165, 1.54) is 0 Å². The molecule has 2 rings (SSSR count). The second-order valence-corrected chi connectivity index (χ2v) is 3.80. The van der Waals surface area contributed by atoms with E-state index in [4.69, 9.17) is 4.74 Å². The summed E-state index contributed by atoms with van der Waals surface area (Å²) in [5, 5.41) is 19.8. The number of nitrogens with zero attached hydrogens (tertiary/aromatic N) is 2. The highest BCUT2D eigenvalue weighted by Gasteiger charge is 2.10. The van der Waals surface area contributed by atoms with Gasteiger partial charge in [0.15, 0.2) is 0 Å². The van der Waals surface area contributed by atoms with Gasteiger partial charge in [-0.2, -0.15) is 15.4 Å². The van der Waals surface area contributed by atoms with E-state index in [2.05, 4.69) is 15.4 Å². The Morgan fingerprint density at radius 3 is 2.71 bits per heavy atom. The Balaban J connectivity index is 1.89. The van der Waals surface area contributed by atoms with Gasteiger partial charge in [0.1, 0.15) is 11.4 Å². The van der Waals surface area contributed by atoms with Crippen molar-refractivity contribution in [1.82, 2.24) is 15.4 Å². The molecular weight excluding hydrogens is 218 g/mol. The highest BCUT2D eigenvalue weighted by Crippen LogP contribution is 2.18. The second kappa shape index (κ2) is 5.45. The van der Waals surface area contributed by atoms with Crippen molar-refractivity contribution in [3.05, 3.63) is 41.7 Å². The zero-order valence-electron chi connectivity index (χ0n) is 9.63. The number of hydrogen-bond acceptors (Lipinski definition) is 4. The van der Waals surface area contributed by atoms with Gasteiger partial charge in [0.05, 0.1) is 19.4 Å². The van der Waals surface area contributed by atoms with Crippen molar-refractivity contribution in [3.8, 4) is 5.75 Å². The number of aryl methyl sites for hydroxylation is 1. The topological polar surface area (TPSA) is 71.0 Å². The molecule has 5 heteroatoms. The molecule has 2 N–H and O–H groups in total. The normalized spacial score (nSPS) is 12.4. The number of rotatable bonds is 5. The van der Waals surface area contributed by atoms with Crippen molar-refractivity contribution in [1.29, 1.82) is 0 Å². The summed E-state index contributed by atoms with van der Waals surface area (Å²) in [5.74, 6) is 0.839. The van der Waals surface area contributed by atoms with Crippen molar-refractivity contribution in [3.63, 3.8) is 0 Å². The largest absolute Gasteiger partial charge is 0.497 e. The van der Waals surface area contributed by atoms with Crippen LogP contribution in [0.4, 0.5) is 0 Å². The summed E-state index contributed by atoms with van der Waals surface area (Å²) in [6.07, 6.45) is 2.38. The van der Waals surface area contributed by atoms with E-state index in [9.17, 15) is 5.11 Å². The monoisotopic (exact) mass is 233 g/mol. The molecule has 0 aliphatic carbocycles. The molecule has 0 aliphatic heterocycles. The maximum absolute atomic E-state index is 9.82. The molecular formula is C12H15N3O2. The molecule has 0 radical (unpaired) electrons. The molecule has 0 saturated carbocycles. The molecule has 0 aliphatic rings. The summed E-state index contributed by atoms with van der Waals surface area (Å²) >= 11 is 0. The quantitative estimate of drug-likeness (QED) is 0.820. The summed E-state index contributed by atoms with van der Waals surface area (Å²) in [4.78, 5) is 0. The number of aliphatic hydroxyl groups excluding tert-OH is 1. The number of H-pyrrole nitrogens is 1. The van der Waals surface area contributed by atoms with Crippen LogP contribution in [0.1, 0.15) is 23.8 Å². The van der Waals surface area contributed by atoms with E-state index in [1.807, 2.05) is 24.3 Å². The fourth-order valence-electron chi connectivity index (χ4n) is 1.61. The number of ether oxygens (including phenoxy) is 1. The summed E-state index contributed by atoms with van der Waals surface area (Å²) in [5.41, 5.74) is 1.74. The highest BCUT2D eigenvalue weighted by atomic mass is 16.5. The first-order valence-electron chi connectivity index (χ1n) is 5.46. The molecule has 1 atom stereocenters. The fraction of sp³-hybridized carbons (Fsp3) is 0.333. The molecule has 1 unspecified atom stereocenters. The average Bonchev–Trinajstić information content (AvgIpc) is 2.90. The van der Waals surface area contributed by atoms with E-state index < -0.39 is 6.10 Å². The first-order chi connectivity index (χ1) is 8.29. The lowest BCUT2D eigenvalue weighted by atomic mass is 10.1. The van der Waals surface area contributed by atoms with Crippen LogP contribution in [0.15, 0.2) is 30.5 Å². The molecule has 1 heterocycles. The van der Waals surface area contributed by atoms with Gasteiger partial charge in [-0.15, -0.1) is 0 Å². The van der Waals surface area contributed by atoms with Crippen LogP contribution in [0.25, 0.3) is 0 Å². The zero-order chi connectivity index (χ0) is 12.1. The third-order valence-corrected chi connectivity index (χ3v) is 2.64. The Morgan fingerprint density at radius 2 is 2.12 bits per heavy atom. The van der Waals surface area contributed by atoms with Crippen LogP contribution in [0.3, 0.4) is 0 Å². The molecule has 90 valence electrons. The first-order valence-corrected chi connectivity index (χ1v) is 5.46. The zero-order valence-corrected chi connectivity index (χ0v) is 9.63. The lowest BCUT2D eigenvalue weighted by Gasteiger charge is -2.07. The Hall–Kier alpha value is -1.88. The van der Waals surface area contributed by atoms with Gasteiger partial charge in [-0.05, 0) is 30.5 Å². The van der Waals surface area contributed by atoms with E-state index in [0.717, 1.165) is 17.7 Å². The van der Waals surface area contributed by atoms with E-state index in [1.54, 1.807) is 13.3 Å². The Labute approximate surface area is 99.4 Å². The first kappa shape index (κ1) is 11.6. The number of aliphatic hydroxyl groups is 1. The smallest absolute Gasteiger partial charge is 0.118 e. The molecule has 1 aromatic carbocycles. The van der Waals surface area contributed by atoms with Crippen LogP contribution in [0.2, 0.25) is 0 Å².